The normalized spacial score (nSPS) is 10.1. The van der Waals surface area contributed by atoms with E-state index in [2.05, 4.69) is 22.9 Å². The molecule has 4 heteroatoms. The molecule has 0 aromatic carbocycles. The molecule has 1 rings (SSSR count). The number of rotatable bonds is 1. The molecule has 0 aliphatic rings. The second kappa shape index (κ2) is 2.39. The maximum atomic E-state index is 4.08. The molecule has 1 heterocycles. The summed E-state index contributed by atoms with van der Waals surface area (Å²) in [5, 5.41) is 7.68. The van der Waals surface area contributed by atoms with E-state index in [1.54, 1.807) is 4.68 Å². The Balaban J connectivity index is 3.04. The minimum atomic E-state index is 0.666. The zero-order valence-corrected chi connectivity index (χ0v) is 6.39. The van der Waals surface area contributed by atoms with E-state index in [0.29, 0.717) is 5.75 Å². The average molecular weight is 143 g/mol. The first kappa shape index (κ1) is 6.61. The van der Waals surface area contributed by atoms with Crippen LogP contribution >= 0.6 is 12.6 Å². The first-order valence-corrected chi connectivity index (χ1v) is 3.35. The molecule has 1 aromatic heterocycles. The van der Waals surface area contributed by atoms with Gasteiger partial charge in [-0.1, -0.05) is 5.21 Å². The van der Waals surface area contributed by atoms with Gasteiger partial charge in [0.05, 0.1) is 11.4 Å². The minimum Gasteiger partial charge on any atom is -0.252 e. The molecule has 0 saturated carbocycles. The molecule has 0 atom stereocenters. The molecule has 0 saturated heterocycles. The predicted octanol–water partition coefficient (Wildman–Crippen LogP) is 0.553. The van der Waals surface area contributed by atoms with Gasteiger partial charge in [-0.15, -0.1) is 5.10 Å². The van der Waals surface area contributed by atoms with Crippen molar-refractivity contribution in [2.45, 2.75) is 12.7 Å². The SMILES string of the molecule is Cc1c(CS)nnn1C. The van der Waals surface area contributed by atoms with Gasteiger partial charge in [-0.05, 0) is 6.92 Å². The Morgan fingerprint density at radius 3 is 2.56 bits per heavy atom. The lowest BCUT2D eigenvalue weighted by Gasteiger charge is -1.90. The Labute approximate surface area is 59.5 Å². The summed E-state index contributed by atoms with van der Waals surface area (Å²) in [6, 6.07) is 0. The highest BCUT2D eigenvalue weighted by Crippen LogP contribution is 2.03. The summed E-state index contributed by atoms with van der Waals surface area (Å²) in [5.41, 5.74) is 2.05. The maximum absolute atomic E-state index is 4.08. The summed E-state index contributed by atoms with van der Waals surface area (Å²) in [5.74, 6) is 0.666. The third-order valence-corrected chi connectivity index (χ3v) is 1.65. The van der Waals surface area contributed by atoms with E-state index >= 15 is 0 Å². The number of nitrogens with zero attached hydrogens (tertiary/aromatic N) is 3. The van der Waals surface area contributed by atoms with Gasteiger partial charge in [0.15, 0.2) is 0 Å². The highest BCUT2D eigenvalue weighted by molar-refractivity contribution is 7.79. The average Bonchev–Trinajstić information content (AvgIpc) is 2.15. The summed E-state index contributed by atoms with van der Waals surface area (Å²) >= 11 is 4.08. The number of aryl methyl sites for hydroxylation is 1. The lowest BCUT2D eigenvalue weighted by molar-refractivity contribution is 0.696. The van der Waals surface area contributed by atoms with E-state index in [1.165, 1.54) is 0 Å². The predicted molar refractivity (Wildman–Crippen MR) is 38.4 cm³/mol. The van der Waals surface area contributed by atoms with E-state index in [9.17, 15) is 0 Å². The third-order valence-electron chi connectivity index (χ3n) is 1.35. The van der Waals surface area contributed by atoms with Gasteiger partial charge in [0.1, 0.15) is 0 Å². The first-order chi connectivity index (χ1) is 4.25. The van der Waals surface area contributed by atoms with Crippen LogP contribution < -0.4 is 0 Å². The van der Waals surface area contributed by atoms with Crippen LogP contribution in [0.4, 0.5) is 0 Å². The van der Waals surface area contributed by atoms with E-state index < -0.39 is 0 Å². The maximum Gasteiger partial charge on any atom is 0.0952 e. The molecular weight excluding hydrogens is 134 g/mol. The molecule has 0 amide bonds. The van der Waals surface area contributed by atoms with Crippen LogP contribution in [0.25, 0.3) is 0 Å². The summed E-state index contributed by atoms with van der Waals surface area (Å²) in [6.45, 7) is 1.98. The summed E-state index contributed by atoms with van der Waals surface area (Å²) in [6.07, 6.45) is 0. The molecule has 0 bridgehead atoms. The number of hydrogen-bond donors (Lipinski definition) is 1. The van der Waals surface area contributed by atoms with Crippen LogP contribution in [0.1, 0.15) is 11.4 Å². The monoisotopic (exact) mass is 143 g/mol. The molecule has 9 heavy (non-hydrogen) atoms. The van der Waals surface area contributed by atoms with Gasteiger partial charge in [-0.2, -0.15) is 12.6 Å². The van der Waals surface area contributed by atoms with Crippen molar-refractivity contribution in [2.75, 3.05) is 0 Å². The van der Waals surface area contributed by atoms with Gasteiger partial charge in [-0.3, -0.25) is 4.68 Å². The lowest BCUT2D eigenvalue weighted by Crippen LogP contribution is -1.92. The Morgan fingerprint density at radius 1 is 1.67 bits per heavy atom. The van der Waals surface area contributed by atoms with Gasteiger partial charge in [0.25, 0.3) is 0 Å². The van der Waals surface area contributed by atoms with Crippen molar-refractivity contribution in [3.63, 3.8) is 0 Å². The topological polar surface area (TPSA) is 30.7 Å². The zero-order chi connectivity index (χ0) is 6.85. The standard InChI is InChI=1S/C5H9N3S/c1-4-5(3-9)6-7-8(4)2/h9H,3H2,1-2H3. The largest absolute Gasteiger partial charge is 0.252 e. The summed E-state index contributed by atoms with van der Waals surface area (Å²) < 4.78 is 1.74. The summed E-state index contributed by atoms with van der Waals surface area (Å²) in [7, 11) is 1.87. The highest BCUT2D eigenvalue weighted by atomic mass is 32.1. The Bertz CT molecular complexity index is 206. The number of hydrogen-bond acceptors (Lipinski definition) is 3. The molecule has 0 radical (unpaired) electrons. The number of thiol groups is 1. The van der Waals surface area contributed by atoms with Crippen molar-refractivity contribution in [3.8, 4) is 0 Å². The fourth-order valence-corrected chi connectivity index (χ4v) is 0.885. The van der Waals surface area contributed by atoms with Crippen LogP contribution in [0.3, 0.4) is 0 Å². The van der Waals surface area contributed by atoms with Crippen molar-refractivity contribution < 1.29 is 0 Å². The third kappa shape index (κ3) is 1.08. The van der Waals surface area contributed by atoms with Crippen LogP contribution in [0.2, 0.25) is 0 Å². The van der Waals surface area contributed by atoms with E-state index in [1.807, 2.05) is 14.0 Å². The van der Waals surface area contributed by atoms with Gasteiger partial charge in [-0.25, -0.2) is 0 Å². The molecule has 3 nitrogen and oxygen atoms in total. The smallest absolute Gasteiger partial charge is 0.0952 e. The van der Waals surface area contributed by atoms with Crippen molar-refractivity contribution in [3.05, 3.63) is 11.4 Å². The van der Waals surface area contributed by atoms with E-state index in [4.69, 9.17) is 0 Å². The van der Waals surface area contributed by atoms with Crippen molar-refractivity contribution in [2.24, 2.45) is 7.05 Å². The minimum absolute atomic E-state index is 0.666. The van der Waals surface area contributed by atoms with Gasteiger partial charge < -0.3 is 0 Å². The van der Waals surface area contributed by atoms with Crippen molar-refractivity contribution in [1.29, 1.82) is 0 Å². The quantitative estimate of drug-likeness (QED) is 0.582. The second-order valence-corrected chi connectivity index (χ2v) is 2.22. The molecule has 1 aromatic rings. The molecule has 0 unspecified atom stereocenters. The number of aromatic nitrogens is 3. The fraction of sp³-hybridized carbons (Fsp3) is 0.600. The molecule has 0 N–H and O–H groups in total. The Hall–Kier alpha value is -0.510. The van der Waals surface area contributed by atoms with Crippen LogP contribution in [0, 0.1) is 6.92 Å². The van der Waals surface area contributed by atoms with Crippen LogP contribution in [0.5, 0.6) is 0 Å². The molecule has 0 aliphatic heterocycles. The fourth-order valence-electron chi connectivity index (χ4n) is 0.593. The molecule has 50 valence electrons. The molecule has 0 aliphatic carbocycles. The first-order valence-electron chi connectivity index (χ1n) is 2.71. The zero-order valence-electron chi connectivity index (χ0n) is 5.50. The molecule has 0 fully saturated rings. The van der Waals surface area contributed by atoms with Crippen LogP contribution in [-0.4, -0.2) is 15.0 Å². The van der Waals surface area contributed by atoms with Crippen molar-refractivity contribution >= 4 is 12.6 Å². The van der Waals surface area contributed by atoms with Crippen LogP contribution in [0.15, 0.2) is 0 Å². The lowest BCUT2D eigenvalue weighted by atomic mass is 10.4. The van der Waals surface area contributed by atoms with Gasteiger partial charge >= 0.3 is 0 Å². The second-order valence-electron chi connectivity index (χ2n) is 1.90. The van der Waals surface area contributed by atoms with Gasteiger partial charge in [0, 0.05) is 12.8 Å². The Kier molecular flexibility index (Phi) is 1.75. The highest BCUT2D eigenvalue weighted by Gasteiger charge is 2.00. The molecule has 0 spiro atoms. The van der Waals surface area contributed by atoms with Crippen LogP contribution in [-0.2, 0) is 12.8 Å². The Morgan fingerprint density at radius 2 is 2.33 bits per heavy atom. The van der Waals surface area contributed by atoms with E-state index in [-0.39, 0.29) is 0 Å². The molecular formula is C5H9N3S. The summed E-state index contributed by atoms with van der Waals surface area (Å²) in [4.78, 5) is 0. The van der Waals surface area contributed by atoms with Crippen molar-refractivity contribution in [1.82, 2.24) is 15.0 Å². The van der Waals surface area contributed by atoms with E-state index in [0.717, 1.165) is 11.4 Å². The van der Waals surface area contributed by atoms with Gasteiger partial charge in [0.2, 0.25) is 0 Å².